The van der Waals surface area contributed by atoms with Gasteiger partial charge in [0.2, 0.25) is 0 Å². The standard InChI is InChI=1S/C27H25BrN2O3S/c1-3-33-24-16-22(28)21(14-23(24)32-2)15-25-26(31)30(18-20-12-8-5-9-13-20)27(34-25)29-17-19-10-6-4-7-11-19/h4-16H,3,17-18H2,1-2H3/b25-15-,29-27?. The Morgan fingerprint density at radius 3 is 2.32 bits per heavy atom. The van der Waals surface area contributed by atoms with Crippen molar-refractivity contribution in [3.05, 3.63) is 98.9 Å². The summed E-state index contributed by atoms with van der Waals surface area (Å²) in [5, 5.41) is 0.693. The van der Waals surface area contributed by atoms with Crippen LogP contribution in [0.25, 0.3) is 6.08 Å². The smallest absolute Gasteiger partial charge is 0.267 e. The maximum atomic E-state index is 13.5. The van der Waals surface area contributed by atoms with Crippen LogP contribution in [0.15, 0.2) is 87.2 Å². The van der Waals surface area contributed by atoms with Crippen LogP contribution in [0, 0.1) is 0 Å². The third-order valence-corrected chi connectivity index (χ3v) is 6.91. The minimum Gasteiger partial charge on any atom is -0.493 e. The summed E-state index contributed by atoms with van der Waals surface area (Å²) >= 11 is 5.00. The first-order valence-corrected chi connectivity index (χ1v) is 12.5. The number of nitrogens with zero attached hydrogens (tertiary/aromatic N) is 2. The fraction of sp³-hybridized carbons (Fsp3) is 0.185. The molecule has 0 saturated carbocycles. The minimum atomic E-state index is -0.0691. The number of thioether (sulfide) groups is 1. The fourth-order valence-corrected chi connectivity index (χ4v) is 4.91. The molecular weight excluding hydrogens is 512 g/mol. The minimum absolute atomic E-state index is 0.0691. The van der Waals surface area contributed by atoms with E-state index in [4.69, 9.17) is 14.5 Å². The van der Waals surface area contributed by atoms with Gasteiger partial charge in [-0.15, -0.1) is 0 Å². The van der Waals surface area contributed by atoms with Crippen LogP contribution in [-0.2, 0) is 17.9 Å². The lowest BCUT2D eigenvalue weighted by molar-refractivity contribution is -0.122. The largest absolute Gasteiger partial charge is 0.493 e. The summed E-state index contributed by atoms with van der Waals surface area (Å²) < 4.78 is 12.0. The van der Waals surface area contributed by atoms with Gasteiger partial charge in [0.1, 0.15) is 0 Å². The second-order valence-electron chi connectivity index (χ2n) is 7.53. The number of aliphatic imine (C=N–C) groups is 1. The number of hydrogen-bond acceptors (Lipinski definition) is 5. The van der Waals surface area contributed by atoms with Crippen LogP contribution < -0.4 is 9.47 Å². The van der Waals surface area contributed by atoms with Gasteiger partial charge in [0.05, 0.1) is 31.7 Å². The predicted octanol–water partition coefficient (Wildman–Crippen LogP) is 6.53. The van der Waals surface area contributed by atoms with Crippen molar-refractivity contribution in [1.82, 2.24) is 4.90 Å². The lowest BCUT2D eigenvalue weighted by atomic mass is 10.1. The number of amides is 1. The summed E-state index contributed by atoms with van der Waals surface area (Å²) in [5.41, 5.74) is 2.98. The van der Waals surface area contributed by atoms with Crippen molar-refractivity contribution in [1.29, 1.82) is 0 Å². The van der Waals surface area contributed by atoms with E-state index >= 15 is 0 Å². The van der Waals surface area contributed by atoms with E-state index in [9.17, 15) is 4.79 Å². The van der Waals surface area contributed by atoms with Crippen molar-refractivity contribution in [2.75, 3.05) is 13.7 Å². The van der Waals surface area contributed by atoms with Crippen molar-refractivity contribution in [2.45, 2.75) is 20.0 Å². The average Bonchev–Trinajstić information content (AvgIpc) is 3.15. The summed E-state index contributed by atoms with van der Waals surface area (Å²) in [4.78, 5) is 20.6. The second-order valence-corrected chi connectivity index (χ2v) is 9.39. The maximum absolute atomic E-state index is 13.5. The van der Waals surface area contributed by atoms with Crippen LogP contribution in [0.2, 0.25) is 0 Å². The number of methoxy groups -OCH3 is 1. The first kappa shape index (κ1) is 24.1. The zero-order valence-corrected chi connectivity index (χ0v) is 21.4. The molecule has 174 valence electrons. The molecule has 3 aromatic carbocycles. The van der Waals surface area contributed by atoms with Crippen LogP contribution in [0.3, 0.4) is 0 Å². The molecule has 0 radical (unpaired) electrons. The van der Waals surface area contributed by atoms with Crippen molar-refractivity contribution in [2.24, 2.45) is 4.99 Å². The van der Waals surface area contributed by atoms with Crippen molar-refractivity contribution in [3.8, 4) is 11.5 Å². The molecule has 34 heavy (non-hydrogen) atoms. The lowest BCUT2D eigenvalue weighted by Gasteiger charge is -2.15. The number of amidine groups is 1. The van der Waals surface area contributed by atoms with Gasteiger partial charge in [-0.05, 0) is 53.6 Å². The third kappa shape index (κ3) is 5.72. The van der Waals surface area contributed by atoms with E-state index in [1.54, 1.807) is 12.0 Å². The van der Waals surface area contributed by atoms with E-state index in [0.717, 1.165) is 21.2 Å². The SMILES string of the molecule is CCOc1cc(Br)c(/C=C2\SC(=NCc3ccccc3)N(Cc3ccccc3)C2=O)cc1OC. The lowest BCUT2D eigenvalue weighted by Crippen LogP contribution is -2.28. The highest BCUT2D eigenvalue weighted by Gasteiger charge is 2.33. The molecule has 0 unspecified atom stereocenters. The molecule has 4 rings (SSSR count). The van der Waals surface area contributed by atoms with Crippen LogP contribution in [0.1, 0.15) is 23.6 Å². The van der Waals surface area contributed by atoms with Gasteiger partial charge in [-0.2, -0.15) is 0 Å². The molecule has 0 spiro atoms. The molecule has 0 aliphatic carbocycles. The van der Waals surface area contributed by atoms with E-state index in [1.807, 2.05) is 85.8 Å². The molecule has 7 heteroatoms. The summed E-state index contributed by atoms with van der Waals surface area (Å²) in [7, 11) is 1.61. The molecule has 1 saturated heterocycles. The molecular formula is C27H25BrN2O3S. The zero-order valence-electron chi connectivity index (χ0n) is 19.0. The Balaban J connectivity index is 1.67. The van der Waals surface area contributed by atoms with Crippen LogP contribution >= 0.6 is 27.7 Å². The molecule has 1 heterocycles. The summed E-state index contributed by atoms with van der Waals surface area (Å²) in [6.45, 7) is 3.43. The Kier molecular flexibility index (Phi) is 8.08. The van der Waals surface area contributed by atoms with Crippen LogP contribution in [0.5, 0.6) is 11.5 Å². The Morgan fingerprint density at radius 2 is 1.68 bits per heavy atom. The average molecular weight is 537 g/mol. The van der Waals surface area contributed by atoms with E-state index in [1.165, 1.54) is 11.8 Å². The van der Waals surface area contributed by atoms with Gasteiger partial charge in [0, 0.05) is 4.47 Å². The summed E-state index contributed by atoms with van der Waals surface area (Å²) in [5.74, 6) is 1.20. The summed E-state index contributed by atoms with van der Waals surface area (Å²) in [6, 6.07) is 23.7. The van der Waals surface area contributed by atoms with Gasteiger partial charge >= 0.3 is 0 Å². The maximum Gasteiger partial charge on any atom is 0.267 e. The number of carbonyl (C=O) groups is 1. The van der Waals surface area contributed by atoms with Crippen molar-refractivity contribution in [3.63, 3.8) is 0 Å². The molecule has 1 aliphatic rings. The molecule has 0 atom stereocenters. The Bertz CT molecular complexity index is 1210. The molecule has 1 amide bonds. The van der Waals surface area contributed by atoms with E-state index in [0.29, 0.717) is 41.3 Å². The third-order valence-electron chi connectivity index (χ3n) is 5.18. The zero-order chi connectivity index (χ0) is 23.9. The quantitative estimate of drug-likeness (QED) is 0.307. The second kappa shape index (κ2) is 11.4. The normalized spacial score (nSPS) is 15.9. The van der Waals surface area contributed by atoms with Crippen molar-refractivity contribution >= 4 is 44.8 Å². The first-order valence-electron chi connectivity index (χ1n) is 10.9. The predicted molar refractivity (Wildman–Crippen MR) is 142 cm³/mol. The molecule has 0 bridgehead atoms. The molecule has 0 N–H and O–H groups in total. The number of hydrogen-bond donors (Lipinski definition) is 0. The van der Waals surface area contributed by atoms with Crippen LogP contribution in [-0.4, -0.2) is 29.7 Å². The van der Waals surface area contributed by atoms with Gasteiger partial charge < -0.3 is 9.47 Å². The van der Waals surface area contributed by atoms with E-state index < -0.39 is 0 Å². The number of ether oxygens (including phenoxy) is 2. The van der Waals surface area contributed by atoms with Crippen LogP contribution in [0.4, 0.5) is 0 Å². The fourth-order valence-electron chi connectivity index (χ4n) is 3.50. The highest BCUT2D eigenvalue weighted by molar-refractivity contribution is 9.10. The highest BCUT2D eigenvalue weighted by atomic mass is 79.9. The monoisotopic (exact) mass is 536 g/mol. The number of benzene rings is 3. The van der Waals surface area contributed by atoms with Crippen molar-refractivity contribution < 1.29 is 14.3 Å². The molecule has 1 aliphatic heterocycles. The summed E-state index contributed by atoms with van der Waals surface area (Å²) in [6.07, 6.45) is 1.87. The Morgan fingerprint density at radius 1 is 1.00 bits per heavy atom. The van der Waals surface area contributed by atoms with Gasteiger partial charge in [-0.25, -0.2) is 0 Å². The van der Waals surface area contributed by atoms with E-state index in [2.05, 4.69) is 15.9 Å². The Hall–Kier alpha value is -3.03. The molecule has 0 aromatic heterocycles. The van der Waals surface area contributed by atoms with Gasteiger partial charge in [-0.1, -0.05) is 76.6 Å². The molecule has 1 fully saturated rings. The number of rotatable bonds is 8. The van der Waals surface area contributed by atoms with E-state index in [-0.39, 0.29) is 5.91 Å². The topological polar surface area (TPSA) is 51.1 Å². The van der Waals surface area contributed by atoms with Gasteiger partial charge in [0.25, 0.3) is 5.91 Å². The highest BCUT2D eigenvalue weighted by Crippen LogP contribution is 2.38. The molecule has 3 aromatic rings. The Labute approximate surface area is 212 Å². The molecule has 5 nitrogen and oxygen atoms in total. The first-order chi connectivity index (χ1) is 16.6. The number of halogens is 1. The number of carbonyl (C=O) groups excluding carboxylic acids is 1. The van der Waals surface area contributed by atoms with Gasteiger partial charge in [0.15, 0.2) is 16.7 Å². The van der Waals surface area contributed by atoms with Gasteiger partial charge in [-0.3, -0.25) is 14.7 Å².